The molecule has 0 aromatic rings. The number of halogens is 8. The van der Waals surface area contributed by atoms with Gasteiger partial charge in [-0.15, -0.1) is 0 Å². The topological polar surface area (TPSA) is 18.8 Å². The van der Waals surface area contributed by atoms with Gasteiger partial charge in [0.25, 0.3) is 0 Å². The van der Waals surface area contributed by atoms with E-state index in [9.17, 15) is 22.0 Å². The highest BCUT2D eigenvalue weighted by atomic mass is 35.6. The van der Waals surface area contributed by atoms with Crippen molar-refractivity contribution in [2.75, 3.05) is 6.54 Å². The largest absolute Gasteiger partial charge is 0.475 e. The van der Waals surface area contributed by atoms with Crippen LogP contribution in [0.15, 0.2) is 5.10 Å². The molecule has 0 saturated heterocycles. The van der Waals surface area contributed by atoms with Crippen molar-refractivity contribution in [2.45, 2.75) is 29.1 Å². The maximum atomic E-state index is 13.2. The zero-order valence-electron chi connectivity index (χ0n) is 8.73. The number of nitrogens with zero attached hydrogens (tertiary/aromatic N) is 3. The minimum atomic E-state index is -5.81. The van der Waals surface area contributed by atoms with Crippen LogP contribution in [0.1, 0.15) is 6.92 Å². The van der Waals surface area contributed by atoms with Gasteiger partial charge in [-0.3, -0.25) is 9.91 Å². The third-order valence-electron chi connectivity index (χ3n) is 2.15. The smallest absolute Gasteiger partial charge is 0.269 e. The molecule has 0 aromatic heterocycles. The lowest BCUT2D eigenvalue weighted by Crippen LogP contribution is -2.60. The second kappa shape index (κ2) is 4.72. The summed E-state index contributed by atoms with van der Waals surface area (Å²) in [7, 11) is 0. The molecule has 1 atom stereocenters. The molecular weight excluding hydrogens is 327 g/mol. The molecule has 1 aliphatic heterocycles. The quantitative estimate of drug-likeness (QED) is 0.438. The highest BCUT2D eigenvalue weighted by molar-refractivity contribution is 6.68. The number of rotatable bonds is 2. The molecule has 106 valence electrons. The molecule has 18 heavy (non-hydrogen) atoms. The van der Waals surface area contributed by atoms with E-state index in [1.807, 2.05) is 0 Å². The molecule has 0 saturated carbocycles. The van der Waals surface area contributed by atoms with Crippen LogP contribution in [0, 0.1) is 0 Å². The highest BCUT2D eigenvalue weighted by Gasteiger charge is 2.66. The number of hydrogen-bond donors (Lipinski definition) is 0. The highest BCUT2D eigenvalue weighted by Crippen LogP contribution is 2.45. The molecule has 0 amide bonds. The van der Waals surface area contributed by atoms with Crippen molar-refractivity contribution in [3.05, 3.63) is 0 Å². The Hall–Kier alpha value is -0.210. The summed E-state index contributed by atoms with van der Waals surface area (Å²) in [4.78, 5) is -0.413. The minimum Gasteiger partial charge on any atom is -0.269 e. The van der Waals surface area contributed by atoms with Gasteiger partial charge in [0.15, 0.2) is 6.17 Å². The van der Waals surface area contributed by atoms with Crippen LogP contribution in [0.4, 0.5) is 22.0 Å². The molecule has 0 spiro atoms. The Morgan fingerprint density at radius 3 is 2.00 bits per heavy atom. The van der Waals surface area contributed by atoms with Crippen LogP contribution in [0.5, 0.6) is 0 Å². The van der Waals surface area contributed by atoms with Crippen LogP contribution in [0.25, 0.3) is 0 Å². The SMILES string of the molecule is CCN1N=CN(C(F)(F)C(F)(F)F)C1C(Cl)(Cl)Cl. The molecule has 0 fully saturated rings. The van der Waals surface area contributed by atoms with E-state index >= 15 is 0 Å². The first kappa shape index (κ1) is 15.8. The Morgan fingerprint density at radius 2 is 1.67 bits per heavy atom. The average Bonchev–Trinajstić information content (AvgIpc) is 2.58. The predicted octanol–water partition coefficient (Wildman–Crippen LogP) is 3.42. The summed E-state index contributed by atoms with van der Waals surface area (Å²) in [6.45, 7) is 1.47. The van der Waals surface area contributed by atoms with Gasteiger partial charge in [-0.25, -0.2) is 0 Å². The summed E-state index contributed by atoms with van der Waals surface area (Å²) in [6.07, 6.45) is -7.34. The van der Waals surface area contributed by atoms with Crippen LogP contribution in [-0.4, -0.2) is 45.0 Å². The normalized spacial score (nSPS) is 21.9. The summed E-state index contributed by atoms with van der Waals surface area (Å²) in [5.41, 5.74) is 0. The van der Waals surface area contributed by atoms with E-state index < -0.39 is 27.1 Å². The third kappa shape index (κ3) is 2.70. The Bertz CT molecular complexity index is 340. The van der Waals surface area contributed by atoms with Gasteiger partial charge in [0, 0.05) is 6.54 Å². The number of hydrazone groups is 1. The Labute approximate surface area is 114 Å². The summed E-state index contributed by atoms with van der Waals surface area (Å²) in [5.74, 6) is 0. The van der Waals surface area contributed by atoms with Crippen LogP contribution < -0.4 is 0 Å². The van der Waals surface area contributed by atoms with Crippen LogP contribution in [0.3, 0.4) is 0 Å². The van der Waals surface area contributed by atoms with Gasteiger partial charge >= 0.3 is 12.2 Å². The summed E-state index contributed by atoms with van der Waals surface area (Å²) < 4.78 is 60.9. The van der Waals surface area contributed by atoms with Gasteiger partial charge in [-0.1, -0.05) is 34.8 Å². The average molecular weight is 335 g/mol. The molecule has 0 radical (unpaired) electrons. The van der Waals surface area contributed by atoms with Gasteiger partial charge in [0.1, 0.15) is 6.34 Å². The molecule has 0 N–H and O–H groups in total. The van der Waals surface area contributed by atoms with Crippen LogP contribution in [0.2, 0.25) is 0 Å². The van der Waals surface area contributed by atoms with Crippen molar-refractivity contribution >= 4 is 41.1 Å². The fourth-order valence-corrected chi connectivity index (χ4v) is 2.00. The summed E-state index contributed by atoms with van der Waals surface area (Å²) in [5, 5.41) is 4.19. The molecule has 1 rings (SSSR count). The molecule has 1 aliphatic rings. The lowest BCUT2D eigenvalue weighted by molar-refractivity contribution is -0.333. The molecule has 3 nitrogen and oxygen atoms in total. The lowest BCUT2D eigenvalue weighted by atomic mass is 10.4. The standard InChI is InChI=1S/C7H7Cl3F5N3/c1-2-18-4(5(8,9)10)17(3-16-18)7(14,15)6(11,12)13/h3-4H,2H2,1H3. The summed E-state index contributed by atoms with van der Waals surface area (Å²) >= 11 is 16.3. The molecule has 11 heteroatoms. The van der Waals surface area contributed by atoms with E-state index in [0.29, 0.717) is 6.34 Å². The van der Waals surface area contributed by atoms with Gasteiger partial charge in [-0.05, 0) is 6.92 Å². The zero-order valence-corrected chi connectivity index (χ0v) is 11.0. The fourth-order valence-electron chi connectivity index (χ4n) is 1.35. The van der Waals surface area contributed by atoms with Crippen molar-refractivity contribution < 1.29 is 22.0 Å². The van der Waals surface area contributed by atoms with Gasteiger partial charge in [0.2, 0.25) is 3.79 Å². The zero-order chi connectivity index (χ0) is 14.4. The second-order valence-electron chi connectivity index (χ2n) is 3.35. The van der Waals surface area contributed by atoms with Crippen molar-refractivity contribution in [1.29, 1.82) is 0 Å². The van der Waals surface area contributed by atoms with Gasteiger partial charge in [0.05, 0.1) is 0 Å². The van der Waals surface area contributed by atoms with Gasteiger partial charge < -0.3 is 0 Å². The number of hydrogen-bond acceptors (Lipinski definition) is 3. The first-order valence-corrected chi connectivity index (χ1v) is 5.66. The lowest BCUT2D eigenvalue weighted by Gasteiger charge is -2.38. The van der Waals surface area contributed by atoms with E-state index in [4.69, 9.17) is 34.8 Å². The monoisotopic (exact) mass is 333 g/mol. The minimum absolute atomic E-state index is 0.000482. The Balaban J connectivity index is 3.13. The Kier molecular flexibility index (Phi) is 4.15. The van der Waals surface area contributed by atoms with Crippen molar-refractivity contribution in [3.63, 3.8) is 0 Å². The maximum absolute atomic E-state index is 13.2. The second-order valence-corrected chi connectivity index (χ2v) is 5.72. The van der Waals surface area contributed by atoms with E-state index in [1.165, 1.54) is 6.92 Å². The van der Waals surface area contributed by atoms with Crippen molar-refractivity contribution in [1.82, 2.24) is 9.91 Å². The summed E-state index contributed by atoms with van der Waals surface area (Å²) in [6, 6.07) is -5.19. The first-order chi connectivity index (χ1) is 7.93. The van der Waals surface area contributed by atoms with Gasteiger partial charge in [-0.2, -0.15) is 27.1 Å². The van der Waals surface area contributed by atoms with Crippen molar-refractivity contribution in [3.8, 4) is 0 Å². The number of alkyl halides is 8. The molecule has 1 unspecified atom stereocenters. The molecular formula is C7H7Cl3F5N3. The van der Waals surface area contributed by atoms with E-state index in [-0.39, 0.29) is 6.54 Å². The van der Waals surface area contributed by atoms with E-state index in [1.54, 1.807) is 0 Å². The Morgan fingerprint density at radius 1 is 1.17 bits per heavy atom. The predicted molar refractivity (Wildman–Crippen MR) is 57.8 cm³/mol. The molecule has 0 aliphatic carbocycles. The maximum Gasteiger partial charge on any atom is 0.475 e. The third-order valence-corrected chi connectivity index (χ3v) is 2.74. The van der Waals surface area contributed by atoms with E-state index in [2.05, 4.69) is 5.10 Å². The van der Waals surface area contributed by atoms with E-state index in [0.717, 1.165) is 5.01 Å². The van der Waals surface area contributed by atoms with Crippen LogP contribution >= 0.6 is 34.8 Å². The molecule has 0 bridgehead atoms. The molecule has 0 aromatic carbocycles. The first-order valence-electron chi connectivity index (χ1n) is 4.53. The van der Waals surface area contributed by atoms with Crippen LogP contribution in [-0.2, 0) is 0 Å². The van der Waals surface area contributed by atoms with Crippen molar-refractivity contribution in [2.24, 2.45) is 5.10 Å². The molecule has 1 heterocycles. The fraction of sp³-hybridized carbons (Fsp3) is 0.857.